The Hall–Kier alpha value is -2.91. The molecular weight excluding hydrogens is 395 g/mol. The van der Waals surface area contributed by atoms with Crippen molar-refractivity contribution in [1.29, 1.82) is 0 Å². The number of nitrogens with zero attached hydrogens (tertiary/aromatic N) is 1. The number of pyridine rings is 1. The Morgan fingerprint density at radius 3 is 2.11 bits per heavy atom. The van der Waals surface area contributed by atoms with Gasteiger partial charge >= 0.3 is 18.3 Å². The zero-order valence-electron chi connectivity index (χ0n) is 14.0. The number of aryl methyl sites for hydroxylation is 1. The third kappa shape index (κ3) is 3.46. The number of para-hydroxylation sites is 1. The van der Waals surface area contributed by atoms with Crippen molar-refractivity contribution >= 4 is 27.8 Å². The molecule has 0 amide bonds. The number of alkyl halides is 6. The summed E-state index contributed by atoms with van der Waals surface area (Å²) in [5, 5.41) is -0.148. The van der Waals surface area contributed by atoms with E-state index in [1.807, 2.05) is 0 Å². The Labute approximate surface area is 152 Å². The van der Waals surface area contributed by atoms with Crippen LogP contribution in [0.1, 0.15) is 10.4 Å². The highest BCUT2D eigenvalue weighted by Crippen LogP contribution is 2.37. The van der Waals surface area contributed by atoms with Crippen molar-refractivity contribution in [1.82, 2.24) is 0 Å². The molecule has 0 atom stereocenters. The molecule has 1 aromatic heterocycles. The third-order valence-electron chi connectivity index (χ3n) is 4.15. The highest BCUT2D eigenvalue weighted by Gasteiger charge is 2.60. The van der Waals surface area contributed by atoms with E-state index in [0.717, 1.165) is 12.1 Å². The van der Waals surface area contributed by atoms with Gasteiger partial charge in [-0.1, -0.05) is 12.1 Å². The first-order chi connectivity index (χ1) is 12.9. The minimum Gasteiger partial charge on any atom is -0.439 e. The van der Waals surface area contributed by atoms with E-state index >= 15 is 0 Å². The number of esters is 1. The molecule has 3 nitrogen and oxygen atoms in total. The second-order valence-electron chi connectivity index (χ2n) is 5.98. The molecule has 0 aliphatic heterocycles. The quantitative estimate of drug-likeness (QED) is 0.269. The molecule has 0 fully saturated rings. The van der Waals surface area contributed by atoms with E-state index in [1.165, 1.54) is 28.8 Å². The second kappa shape index (κ2) is 6.61. The first-order valence-electron chi connectivity index (χ1n) is 7.75. The van der Waals surface area contributed by atoms with E-state index in [1.54, 1.807) is 13.1 Å². The maximum absolute atomic E-state index is 13.7. The Morgan fingerprint density at radius 1 is 0.929 bits per heavy atom. The second-order valence-corrected chi connectivity index (χ2v) is 5.98. The van der Waals surface area contributed by atoms with Crippen LogP contribution in [0, 0.1) is 5.82 Å². The van der Waals surface area contributed by atoms with E-state index in [-0.39, 0.29) is 16.3 Å². The van der Waals surface area contributed by atoms with Gasteiger partial charge in [0.25, 0.3) is 6.10 Å². The highest BCUT2D eigenvalue weighted by atomic mass is 19.4. The van der Waals surface area contributed by atoms with Crippen LogP contribution in [-0.4, -0.2) is 24.4 Å². The van der Waals surface area contributed by atoms with Gasteiger partial charge < -0.3 is 4.74 Å². The van der Waals surface area contributed by atoms with Crippen molar-refractivity contribution in [2.24, 2.45) is 7.05 Å². The topological polar surface area (TPSA) is 30.2 Å². The van der Waals surface area contributed by atoms with E-state index in [9.17, 15) is 35.5 Å². The van der Waals surface area contributed by atoms with Gasteiger partial charge in [-0.15, -0.1) is 0 Å². The average Bonchev–Trinajstić information content (AvgIpc) is 2.58. The molecule has 10 heteroatoms. The smallest absolute Gasteiger partial charge is 0.434 e. The fourth-order valence-electron chi connectivity index (χ4n) is 2.96. The van der Waals surface area contributed by atoms with Gasteiger partial charge in [-0.3, -0.25) is 0 Å². The van der Waals surface area contributed by atoms with Crippen molar-refractivity contribution in [3.63, 3.8) is 0 Å². The van der Waals surface area contributed by atoms with Crippen LogP contribution >= 0.6 is 0 Å². The zero-order valence-corrected chi connectivity index (χ0v) is 14.0. The van der Waals surface area contributed by atoms with E-state index in [2.05, 4.69) is 4.74 Å². The molecule has 0 saturated heterocycles. The molecule has 0 radical (unpaired) electrons. The summed E-state index contributed by atoms with van der Waals surface area (Å²) in [5.41, 5.74) is -0.0200. The minimum atomic E-state index is -5.86. The zero-order chi connectivity index (χ0) is 20.9. The Bertz CT molecular complexity index is 1060. The van der Waals surface area contributed by atoms with Gasteiger partial charge in [0.2, 0.25) is 11.0 Å². The van der Waals surface area contributed by atoms with Gasteiger partial charge in [0.15, 0.2) is 0 Å². The van der Waals surface area contributed by atoms with Crippen molar-refractivity contribution in [3.8, 4) is 0 Å². The van der Waals surface area contributed by atoms with Crippen LogP contribution in [0.2, 0.25) is 0 Å². The lowest BCUT2D eigenvalue weighted by Gasteiger charge is -2.23. The van der Waals surface area contributed by atoms with Gasteiger partial charge in [-0.05, 0) is 18.2 Å². The average molecular weight is 406 g/mol. The van der Waals surface area contributed by atoms with Crippen molar-refractivity contribution in [3.05, 3.63) is 53.8 Å². The fraction of sp³-hybridized carbons (Fsp3) is 0.222. The predicted octanol–water partition coefficient (Wildman–Crippen LogP) is 4.61. The minimum absolute atomic E-state index is 0.0243. The van der Waals surface area contributed by atoms with Crippen molar-refractivity contribution < 1.29 is 44.8 Å². The van der Waals surface area contributed by atoms with Crippen LogP contribution in [0.25, 0.3) is 21.8 Å². The molecule has 148 valence electrons. The Morgan fingerprint density at radius 2 is 1.50 bits per heavy atom. The number of carbonyl (C=O) groups is 1. The predicted molar refractivity (Wildman–Crippen MR) is 83.9 cm³/mol. The lowest BCUT2D eigenvalue weighted by Crippen LogP contribution is -2.45. The van der Waals surface area contributed by atoms with E-state index < -0.39 is 35.8 Å². The van der Waals surface area contributed by atoms with Crippen LogP contribution in [-0.2, 0) is 11.8 Å². The summed E-state index contributed by atoms with van der Waals surface area (Å²) >= 11 is 0. The summed E-state index contributed by atoms with van der Waals surface area (Å²) in [5.74, 6) is -2.67. The molecule has 0 N–H and O–H groups in total. The van der Waals surface area contributed by atoms with Gasteiger partial charge in [0, 0.05) is 12.1 Å². The number of fused-ring (bicyclic) bond motifs is 2. The van der Waals surface area contributed by atoms with Crippen molar-refractivity contribution in [2.75, 3.05) is 0 Å². The number of ether oxygens (including phenoxy) is 1. The molecular formula is C18H11F7NO2+. The summed E-state index contributed by atoms with van der Waals surface area (Å²) in [6.07, 6.45) is -16.0. The summed E-state index contributed by atoms with van der Waals surface area (Å²) in [6, 6.07) is 9.02. The Kier molecular flexibility index (Phi) is 4.68. The molecule has 0 spiro atoms. The molecule has 2 aromatic carbocycles. The molecule has 1 heterocycles. The largest absolute Gasteiger partial charge is 0.439 e. The molecule has 0 saturated carbocycles. The number of carbonyl (C=O) groups excluding carboxylic acids is 1. The molecule has 28 heavy (non-hydrogen) atoms. The Balaban J connectivity index is 2.27. The van der Waals surface area contributed by atoms with Crippen molar-refractivity contribution in [2.45, 2.75) is 18.5 Å². The first-order valence-corrected chi connectivity index (χ1v) is 7.75. The lowest BCUT2D eigenvalue weighted by atomic mass is 10.0. The van der Waals surface area contributed by atoms with Crippen LogP contribution in [0.3, 0.4) is 0 Å². The summed E-state index contributed by atoms with van der Waals surface area (Å²) in [4.78, 5) is 12.4. The maximum Gasteiger partial charge on any atom is 0.434 e. The molecule has 0 aliphatic carbocycles. The standard InChI is InChI=1S/C18H11F7NO2/c1-26-12-5-3-2-4-10(12)14(11-8-9(19)6-7-13(11)26)15(27)28-16(17(20,21)22)18(23,24)25/h2-8,16H,1H3/q+1. The number of aromatic nitrogens is 1. The van der Waals surface area contributed by atoms with Crippen LogP contribution in [0.15, 0.2) is 42.5 Å². The first kappa shape index (κ1) is 19.8. The van der Waals surface area contributed by atoms with Crippen LogP contribution < -0.4 is 4.57 Å². The normalized spacial score (nSPS) is 12.8. The number of benzene rings is 2. The van der Waals surface area contributed by atoms with Gasteiger partial charge in [-0.25, -0.2) is 9.18 Å². The SMILES string of the molecule is C[n+]1c2ccccc2c(C(=O)OC(C(F)(F)F)C(F)(F)F)c2cc(F)ccc21. The lowest BCUT2D eigenvalue weighted by molar-refractivity contribution is -0.617. The molecule has 3 aromatic rings. The van der Waals surface area contributed by atoms with Gasteiger partial charge in [-0.2, -0.15) is 30.9 Å². The van der Waals surface area contributed by atoms with E-state index in [4.69, 9.17) is 0 Å². The summed E-state index contributed by atoms with van der Waals surface area (Å²) in [6.45, 7) is 0. The number of hydrogen-bond donors (Lipinski definition) is 0. The van der Waals surface area contributed by atoms with Crippen LogP contribution in [0.5, 0.6) is 0 Å². The molecule has 0 aliphatic rings. The molecule has 0 bridgehead atoms. The third-order valence-corrected chi connectivity index (χ3v) is 4.15. The number of halogens is 7. The summed E-state index contributed by atoms with van der Waals surface area (Å²) < 4.78 is 95.8. The monoisotopic (exact) mass is 406 g/mol. The molecule has 3 rings (SSSR count). The van der Waals surface area contributed by atoms with Crippen LogP contribution in [0.4, 0.5) is 30.7 Å². The maximum atomic E-state index is 13.7. The summed E-state index contributed by atoms with van der Waals surface area (Å²) in [7, 11) is 1.56. The number of rotatable bonds is 2. The number of hydrogen-bond acceptors (Lipinski definition) is 2. The van der Waals surface area contributed by atoms with Gasteiger partial charge in [0.05, 0.1) is 16.3 Å². The van der Waals surface area contributed by atoms with Gasteiger partial charge in [0.1, 0.15) is 12.9 Å². The molecule has 0 unspecified atom stereocenters. The highest BCUT2D eigenvalue weighted by molar-refractivity contribution is 6.12. The van der Waals surface area contributed by atoms with E-state index in [0.29, 0.717) is 5.52 Å². The fourth-order valence-corrected chi connectivity index (χ4v) is 2.96.